The molecule has 6 rings (SSSR count). The predicted octanol–water partition coefficient (Wildman–Crippen LogP) is 6.60. The lowest BCUT2D eigenvalue weighted by Crippen LogP contribution is -2.51. The highest BCUT2D eigenvalue weighted by atomic mass is 35.5. The summed E-state index contributed by atoms with van der Waals surface area (Å²) < 4.78 is 47.6. The molecule has 2 fully saturated rings. The van der Waals surface area contributed by atoms with Crippen molar-refractivity contribution in [1.82, 2.24) is 15.1 Å². The SMILES string of the molecule is O=C(N[C@@H](Cc1ccc(Cl)cc1)C(=O)N1CCC(c2ccccc2CN2CCCCC2=O)CC1)c1cc(=O)c2cc(OC(F)(F)F)ccc2o1. The molecule has 2 aliphatic rings. The summed E-state index contributed by atoms with van der Waals surface area (Å²) in [4.78, 5) is 56.4. The van der Waals surface area contributed by atoms with Crippen LogP contribution in [0.15, 0.2) is 82.0 Å². The zero-order valence-corrected chi connectivity index (χ0v) is 27.8. The average Bonchev–Trinajstić information content (AvgIpc) is 3.09. The molecule has 262 valence electrons. The summed E-state index contributed by atoms with van der Waals surface area (Å²) in [5, 5.41) is 3.03. The fourth-order valence-corrected chi connectivity index (χ4v) is 6.80. The van der Waals surface area contributed by atoms with Crippen molar-refractivity contribution in [3.8, 4) is 5.75 Å². The third-order valence-electron chi connectivity index (χ3n) is 9.20. The number of hydrogen-bond donors (Lipinski definition) is 1. The molecule has 0 aliphatic carbocycles. The minimum atomic E-state index is -4.95. The number of likely N-dealkylation sites (tertiary alicyclic amines) is 2. The molecule has 2 aliphatic heterocycles. The molecule has 0 radical (unpaired) electrons. The molecule has 9 nitrogen and oxygen atoms in total. The molecule has 1 aromatic heterocycles. The largest absolute Gasteiger partial charge is 0.573 e. The fraction of sp³-hybridized carbons (Fsp3) is 0.351. The molecule has 0 saturated carbocycles. The molecule has 1 atom stereocenters. The van der Waals surface area contributed by atoms with E-state index in [9.17, 15) is 32.3 Å². The number of alkyl halides is 3. The maximum atomic E-state index is 14.0. The van der Waals surface area contributed by atoms with Crippen molar-refractivity contribution < 1.29 is 36.7 Å². The van der Waals surface area contributed by atoms with Crippen LogP contribution in [0.1, 0.15) is 65.3 Å². The van der Waals surface area contributed by atoms with Crippen LogP contribution >= 0.6 is 11.6 Å². The molecule has 0 spiro atoms. The van der Waals surface area contributed by atoms with Gasteiger partial charge in [0.25, 0.3) is 5.91 Å². The topological polar surface area (TPSA) is 109 Å². The van der Waals surface area contributed by atoms with E-state index >= 15 is 0 Å². The molecule has 13 heteroatoms. The lowest BCUT2D eigenvalue weighted by atomic mass is 9.86. The van der Waals surface area contributed by atoms with Gasteiger partial charge in [0, 0.05) is 50.1 Å². The zero-order valence-electron chi connectivity index (χ0n) is 27.0. The van der Waals surface area contributed by atoms with Crippen LogP contribution in [0.4, 0.5) is 13.2 Å². The van der Waals surface area contributed by atoms with Crippen LogP contribution in [-0.2, 0) is 22.6 Å². The zero-order chi connectivity index (χ0) is 35.4. The average molecular weight is 710 g/mol. The van der Waals surface area contributed by atoms with E-state index in [2.05, 4.69) is 22.2 Å². The quantitative estimate of drug-likeness (QED) is 0.210. The number of piperidine rings is 2. The van der Waals surface area contributed by atoms with Crippen LogP contribution in [0.5, 0.6) is 5.75 Å². The number of ether oxygens (including phenoxy) is 1. The first kappa shape index (κ1) is 35.0. The third-order valence-corrected chi connectivity index (χ3v) is 9.45. The van der Waals surface area contributed by atoms with E-state index in [1.165, 1.54) is 5.56 Å². The summed E-state index contributed by atoms with van der Waals surface area (Å²) in [6.45, 7) is 2.21. The van der Waals surface area contributed by atoms with Gasteiger partial charge in [-0.25, -0.2) is 0 Å². The molecular formula is C37H35ClF3N3O6. The van der Waals surface area contributed by atoms with Gasteiger partial charge in [-0.15, -0.1) is 13.2 Å². The Morgan fingerprint density at radius 3 is 2.42 bits per heavy atom. The maximum absolute atomic E-state index is 14.0. The van der Waals surface area contributed by atoms with Gasteiger partial charge in [-0.3, -0.25) is 19.2 Å². The number of rotatable bonds is 9. The molecule has 1 N–H and O–H groups in total. The molecule has 0 unspecified atom stereocenters. The fourth-order valence-electron chi connectivity index (χ4n) is 6.67. The minimum Gasteiger partial charge on any atom is -0.451 e. The van der Waals surface area contributed by atoms with E-state index < -0.39 is 35.2 Å². The number of halogens is 4. The molecule has 0 bridgehead atoms. The maximum Gasteiger partial charge on any atom is 0.573 e. The smallest absolute Gasteiger partial charge is 0.451 e. The summed E-state index contributed by atoms with van der Waals surface area (Å²) in [6.07, 6.45) is -0.944. The van der Waals surface area contributed by atoms with Crippen LogP contribution in [0, 0.1) is 0 Å². The summed E-state index contributed by atoms with van der Waals surface area (Å²) in [7, 11) is 0. The molecule has 50 heavy (non-hydrogen) atoms. The van der Waals surface area contributed by atoms with E-state index in [0.717, 1.165) is 54.8 Å². The van der Waals surface area contributed by atoms with E-state index in [0.29, 0.717) is 43.9 Å². The van der Waals surface area contributed by atoms with E-state index in [-0.39, 0.29) is 35.1 Å². The van der Waals surface area contributed by atoms with E-state index in [1.807, 2.05) is 17.0 Å². The van der Waals surface area contributed by atoms with Crippen molar-refractivity contribution in [3.63, 3.8) is 0 Å². The normalized spacial score (nSPS) is 16.4. The third kappa shape index (κ3) is 8.47. The van der Waals surface area contributed by atoms with Gasteiger partial charge in [-0.2, -0.15) is 0 Å². The van der Waals surface area contributed by atoms with Crippen molar-refractivity contribution in [2.45, 2.75) is 63.4 Å². The van der Waals surface area contributed by atoms with Gasteiger partial charge in [-0.1, -0.05) is 48.0 Å². The second-order valence-corrected chi connectivity index (χ2v) is 13.0. The summed E-state index contributed by atoms with van der Waals surface area (Å²) in [6, 6.07) is 17.8. The van der Waals surface area contributed by atoms with E-state index in [4.69, 9.17) is 16.0 Å². The van der Waals surface area contributed by atoms with Crippen LogP contribution in [0.2, 0.25) is 5.02 Å². The van der Waals surface area contributed by atoms with Crippen molar-refractivity contribution >= 4 is 40.3 Å². The number of hydrogen-bond acceptors (Lipinski definition) is 6. The van der Waals surface area contributed by atoms with Gasteiger partial charge >= 0.3 is 6.36 Å². The Morgan fingerprint density at radius 2 is 1.70 bits per heavy atom. The van der Waals surface area contributed by atoms with E-state index in [1.54, 1.807) is 29.2 Å². The highest BCUT2D eigenvalue weighted by Gasteiger charge is 2.33. The Labute approximate surface area is 290 Å². The van der Waals surface area contributed by atoms with Crippen molar-refractivity contribution in [2.75, 3.05) is 19.6 Å². The van der Waals surface area contributed by atoms with Crippen molar-refractivity contribution in [2.24, 2.45) is 0 Å². The molecule has 3 aromatic carbocycles. The molecule has 3 amide bonds. The van der Waals surface area contributed by atoms with Crippen LogP contribution < -0.4 is 15.5 Å². The monoisotopic (exact) mass is 709 g/mol. The second kappa shape index (κ2) is 15.0. The summed E-state index contributed by atoms with van der Waals surface area (Å²) in [5.74, 6) is -1.78. The Kier molecular flexibility index (Phi) is 10.5. The Morgan fingerprint density at radius 1 is 0.960 bits per heavy atom. The highest BCUT2D eigenvalue weighted by Crippen LogP contribution is 2.32. The van der Waals surface area contributed by atoms with Gasteiger partial charge in [-0.05, 0) is 78.6 Å². The molecule has 4 aromatic rings. The molecular weight excluding hydrogens is 675 g/mol. The number of carbonyl (C=O) groups is 3. The second-order valence-electron chi connectivity index (χ2n) is 12.6. The number of benzene rings is 3. The van der Waals surface area contributed by atoms with Crippen LogP contribution in [0.25, 0.3) is 11.0 Å². The summed E-state index contributed by atoms with van der Waals surface area (Å²) in [5.41, 5.74) is 2.15. The van der Waals surface area contributed by atoms with Gasteiger partial charge in [0.05, 0.1) is 5.39 Å². The van der Waals surface area contributed by atoms with Crippen molar-refractivity contribution in [1.29, 1.82) is 0 Å². The van der Waals surface area contributed by atoms with Gasteiger partial charge in [0.1, 0.15) is 17.4 Å². The lowest BCUT2D eigenvalue weighted by Gasteiger charge is -2.36. The van der Waals surface area contributed by atoms with Crippen LogP contribution in [-0.4, -0.2) is 59.6 Å². The van der Waals surface area contributed by atoms with Gasteiger partial charge in [0.2, 0.25) is 11.8 Å². The molecule has 3 heterocycles. The number of fused-ring (bicyclic) bond motifs is 1. The standard InChI is InChI=1S/C37H35ClF3N3O6/c38-26-10-8-23(9-11-26)19-30(42-35(47)33-21-31(45)29-20-27(50-37(39,40)41)12-13-32(29)49-33)36(48)43-17-14-24(15-18-43)28-6-2-1-5-25(28)22-44-16-4-3-7-34(44)46/h1-2,5-6,8-13,20-21,24,30H,3-4,7,14-19,22H2,(H,42,47)/t30-/m0/s1. The highest BCUT2D eigenvalue weighted by molar-refractivity contribution is 6.30. The number of carbonyl (C=O) groups excluding carboxylic acids is 3. The molecule has 2 saturated heterocycles. The van der Waals surface area contributed by atoms with Gasteiger partial charge < -0.3 is 24.3 Å². The number of amides is 3. The lowest BCUT2D eigenvalue weighted by molar-refractivity contribution is -0.274. The first-order valence-corrected chi connectivity index (χ1v) is 16.8. The van der Waals surface area contributed by atoms with Gasteiger partial charge in [0.15, 0.2) is 11.2 Å². The Hall–Kier alpha value is -4.84. The predicted molar refractivity (Wildman–Crippen MR) is 180 cm³/mol. The first-order chi connectivity index (χ1) is 23.9. The number of nitrogens with one attached hydrogen (secondary N) is 1. The first-order valence-electron chi connectivity index (χ1n) is 16.5. The summed E-state index contributed by atoms with van der Waals surface area (Å²) >= 11 is 6.07. The Bertz CT molecular complexity index is 1940. The number of nitrogens with zero attached hydrogens (tertiary/aromatic N) is 2. The minimum absolute atomic E-state index is 0.121. The van der Waals surface area contributed by atoms with Crippen molar-refractivity contribution in [3.05, 3.63) is 110 Å². The van der Waals surface area contributed by atoms with Crippen LogP contribution in [0.3, 0.4) is 0 Å². The Balaban J connectivity index is 1.17.